The van der Waals surface area contributed by atoms with Gasteiger partial charge in [0, 0.05) is 38.3 Å². The van der Waals surface area contributed by atoms with E-state index < -0.39 is 0 Å². The third kappa shape index (κ3) is 4.08. The molecular weight excluding hydrogens is 354 g/mol. The maximum absolute atomic E-state index is 6.15. The Balaban J connectivity index is 1.74. The van der Waals surface area contributed by atoms with Crippen LogP contribution >= 0.6 is 38.9 Å². The minimum atomic E-state index is 0.486. The Morgan fingerprint density at radius 1 is 1.35 bits per heavy atom. The van der Waals surface area contributed by atoms with Crippen molar-refractivity contribution in [2.45, 2.75) is 31.2 Å². The van der Waals surface area contributed by atoms with E-state index in [4.69, 9.17) is 11.6 Å². The first-order valence-electron chi connectivity index (χ1n) is 6.92. The molecule has 0 radical (unpaired) electrons. The molecule has 1 N–H and O–H groups in total. The molecule has 3 rings (SSSR count). The first kappa shape index (κ1) is 14.6. The Morgan fingerprint density at radius 3 is 2.85 bits per heavy atom. The summed E-state index contributed by atoms with van der Waals surface area (Å²) in [5, 5.41) is 6.63. The van der Waals surface area contributed by atoms with Gasteiger partial charge in [0.25, 0.3) is 0 Å². The minimum absolute atomic E-state index is 0.486. The van der Waals surface area contributed by atoms with E-state index in [1.165, 1.54) is 27.8 Å². The molecule has 0 bridgehead atoms. The van der Waals surface area contributed by atoms with Gasteiger partial charge >= 0.3 is 0 Å². The molecule has 2 aromatic rings. The summed E-state index contributed by atoms with van der Waals surface area (Å²) in [5.41, 5.74) is 1.33. The van der Waals surface area contributed by atoms with Gasteiger partial charge in [-0.2, -0.15) is 0 Å². The van der Waals surface area contributed by atoms with Gasteiger partial charge < -0.3 is 5.32 Å². The molecule has 4 heteroatoms. The number of nitrogens with one attached hydrogen (secondary N) is 1. The summed E-state index contributed by atoms with van der Waals surface area (Å²) in [5.74, 6) is 0.486. The highest BCUT2D eigenvalue weighted by Crippen LogP contribution is 2.29. The summed E-state index contributed by atoms with van der Waals surface area (Å²) in [4.78, 5) is 1.42. The SMILES string of the molecule is Clc1cccc(C(CNC2CC2)Cc2cc(Br)cs2)c1. The molecule has 0 amide bonds. The van der Waals surface area contributed by atoms with Crippen molar-refractivity contribution < 1.29 is 0 Å². The van der Waals surface area contributed by atoms with Crippen LogP contribution in [0.4, 0.5) is 0 Å². The normalized spacial score (nSPS) is 16.3. The van der Waals surface area contributed by atoms with Crippen LogP contribution in [0.2, 0.25) is 5.02 Å². The van der Waals surface area contributed by atoms with Crippen molar-refractivity contribution in [3.05, 3.63) is 55.6 Å². The zero-order valence-corrected chi connectivity index (χ0v) is 14.3. The lowest BCUT2D eigenvalue weighted by atomic mass is 9.95. The molecule has 1 nitrogen and oxygen atoms in total. The van der Waals surface area contributed by atoms with Crippen LogP contribution in [0.1, 0.15) is 29.2 Å². The van der Waals surface area contributed by atoms with Gasteiger partial charge in [0.1, 0.15) is 0 Å². The van der Waals surface area contributed by atoms with Crippen molar-refractivity contribution in [2.75, 3.05) is 6.54 Å². The molecule has 20 heavy (non-hydrogen) atoms. The smallest absolute Gasteiger partial charge is 0.0408 e. The molecule has 1 atom stereocenters. The molecule has 1 saturated carbocycles. The molecule has 0 aliphatic heterocycles. The molecule has 1 unspecified atom stereocenters. The highest BCUT2D eigenvalue weighted by molar-refractivity contribution is 9.10. The van der Waals surface area contributed by atoms with Crippen molar-refractivity contribution in [2.24, 2.45) is 0 Å². The minimum Gasteiger partial charge on any atom is -0.313 e. The molecule has 1 fully saturated rings. The third-order valence-electron chi connectivity index (χ3n) is 3.62. The van der Waals surface area contributed by atoms with Gasteiger partial charge in [0.15, 0.2) is 0 Å². The summed E-state index contributed by atoms with van der Waals surface area (Å²) in [6.07, 6.45) is 3.72. The first-order valence-corrected chi connectivity index (χ1v) is 8.97. The van der Waals surface area contributed by atoms with Gasteiger partial charge in [-0.1, -0.05) is 23.7 Å². The predicted molar refractivity (Wildman–Crippen MR) is 90.9 cm³/mol. The lowest BCUT2D eigenvalue weighted by Gasteiger charge is -2.18. The van der Waals surface area contributed by atoms with Crippen molar-refractivity contribution in [1.29, 1.82) is 0 Å². The fraction of sp³-hybridized carbons (Fsp3) is 0.375. The van der Waals surface area contributed by atoms with Crippen LogP contribution in [0.3, 0.4) is 0 Å². The van der Waals surface area contributed by atoms with E-state index in [2.05, 4.69) is 44.8 Å². The number of hydrogen-bond acceptors (Lipinski definition) is 2. The van der Waals surface area contributed by atoms with Crippen molar-refractivity contribution in [3.8, 4) is 0 Å². The molecule has 1 heterocycles. The largest absolute Gasteiger partial charge is 0.313 e. The highest BCUT2D eigenvalue weighted by atomic mass is 79.9. The van der Waals surface area contributed by atoms with E-state index >= 15 is 0 Å². The molecule has 0 spiro atoms. The van der Waals surface area contributed by atoms with Gasteiger partial charge in [-0.15, -0.1) is 11.3 Å². The molecule has 0 saturated heterocycles. The number of halogens is 2. The van der Waals surface area contributed by atoms with Crippen LogP contribution in [-0.4, -0.2) is 12.6 Å². The molecule has 1 aliphatic carbocycles. The monoisotopic (exact) mass is 369 g/mol. The van der Waals surface area contributed by atoms with Crippen LogP contribution in [0.15, 0.2) is 40.2 Å². The Hall–Kier alpha value is -0.350. The Kier molecular flexibility index (Phi) is 4.82. The number of hydrogen-bond donors (Lipinski definition) is 1. The van der Waals surface area contributed by atoms with Crippen LogP contribution in [0.5, 0.6) is 0 Å². The van der Waals surface area contributed by atoms with E-state index in [1.807, 2.05) is 23.5 Å². The van der Waals surface area contributed by atoms with E-state index in [0.717, 1.165) is 24.0 Å². The van der Waals surface area contributed by atoms with Crippen LogP contribution in [0.25, 0.3) is 0 Å². The van der Waals surface area contributed by atoms with E-state index in [0.29, 0.717) is 5.92 Å². The lowest BCUT2D eigenvalue weighted by Crippen LogP contribution is -2.24. The second-order valence-corrected chi connectivity index (χ2v) is 7.72. The Morgan fingerprint density at radius 2 is 2.20 bits per heavy atom. The van der Waals surface area contributed by atoms with E-state index in [1.54, 1.807) is 0 Å². The fourth-order valence-corrected chi connectivity index (χ4v) is 4.10. The maximum atomic E-state index is 6.15. The van der Waals surface area contributed by atoms with Crippen molar-refractivity contribution in [1.82, 2.24) is 5.32 Å². The predicted octanol–water partition coefficient (Wildman–Crippen LogP) is 5.24. The number of thiophene rings is 1. The topological polar surface area (TPSA) is 12.0 Å². The third-order valence-corrected chi connectivity index (χ3v) is 5.57. The zero-order valence-electron chi connectivity index (χ0n) is 11.1. The maximum Gasteiger partial charge on any atom is 0.0408 e. The summed E-state index contributed by atoms with van der Waals surface area (Å²) in [7, 11) is 0. The summed E-state index contributed by atoms with van der Waals surface area (Å²) >= 11 is 11.5. The zero-order chi connectivity index (χ0) is 13.9. The van der Waals surface area contributed by atoms with Gasteiger partial charge in [-0.25, -0.2) is 0 Å². The molecule has 1 aliphatic rings. The standard InChI is InChI=1S/C16H17BrClNS/c17-13-8-16(20-10-13)7-12(9-19-15-4-5-15)11-2-1-3-14(18)6-11/h1-3,6,8,10,12,15,19H,4-5,7,9H2. The fourth-order valence-electron chi connectivity index (χ4n) is 2.37. The highest BCUT2D eigenvalue weighted by Gasteiger charge is 2.23. The van der Waals surface area contributed by atoms with E-state index in [9.17, 15) is 0 Å². The average molecular weight is 371 g/mol. The molecule has 1 aromatic heterocycles. The summed E-state index contributed by atoms with van der Waals surface area (Å²) in [6, 6.07) is 11.2. The first-order chi connectivity index (χ1) is 9.70. The van der Waals surface area contributed by atoms with Gasteiger partial charge in [-0.3, -0.25) is 0 Å². The van der Waals surface area contributed by atoms with Gasteiger partial charge in [-0.05, 0) is 59.0 Å². The average Bonchev–Trinajstić information content (AvgIpc) is 3.17. The van der Waals surface area contributed by atoms with Crippen LogP contribution in [0, 0.1) is 0 Å². The van der Waals surface area contributed by atoms with Gasteiger partial charge in [0.05, 0.1) is 0 Å². The number of rotatable bonds is 6. The molecular formula is C16H17BrClNS. The molecule has 106 valence electrons. The second kappa shape index (κ2) is 6.61. The van der Waals surface area contributed by atoms with Gasteiger partial charge in [0.2, 0.25) is 0 Å². The van der Waals surface area contributed by atoms with Crippen LogP contribution < -0.4 is 5.32 Å². The number of benzene rings is 1. The molecule has 1 aromatic carbocycles. The van der Waals surface area contributed by atoms with Crippen molar-refractivity contribution in [3.63, 3.8) is 0 Å². The van der Waals surface area contributed by atoms with Crippen LogP contribution in [-0.2, 0) is 6.42 Å². The lowest BCUT2D eigenvalue weighted by molar-refractivity contribution is 0.580. The van der Waals surface area contributed by atoms with E-state index in [-0.39, 0.29) is 0 Å². The Labute approximate surface area is 137 Å². The Bertz CT molecular complexity index is 579. The quantitative estimate of drug-likeness (QED) is 0.733. The summed E-state index contributed by atoms with van der Waals surface area (Å²) in [6.45, 7) is 1.03. The summed E-state index contributed by atoms with van der Waals surface area (Å²) < 4.78 is 1.18. The van der Waals surface area contributed by atoms with Crippen molar-refractivity contribution >= 4 is 38.9 Å². The second-order valence-electron chi connectivity index (χ2n) is 5.37.